The highest BCUT2D eigenvalue weighted by molar-refractivity contribution is 8.18. The number of amides is 1. The molecule has 0 saturated carbocycles. The van der Waals surface area contributed by atoms with Crippen LogP contribution in [-0.4, -0.2) is 56.7 Å². The van der Waals surface area contributed by atoms with Crippen LogP contribution in [0, 0.1) is 0 Å². The number of hydrogen-bond acceptors (Lipinski definition) is 10. The van der Waals surface area contributed by atoms with Crippen LogP contribution >= 0.6 is 11.8 Å². The second-order valence-corrected chi connectivity index (χ2v) is 7.55. The summed E-state index contributed by atoms with van der Waals surface area (Å²) in [5.74, 6) is -0.182. The largest absolute Gasteiger partial charge is 0.490 e. The molecule has 1 amide bonds. The van der Waals surface area contributed by atoms with Gasteiger partial charge in [-0.05, 0) is 65.9 Å². The van der Waals surface area contributed by atoms with Gasteiger partial charge in [-0.1, -0.05) is 0 Å². The highest BCUT2D eigenvalue weighted by Crippen LogP contribution is 2.23. The summed E-state index contributed by atoms with van der Waals surface area (Å²) in [6.45, 7) is 0.659. The van der Waals surface area contributed by atoms with Crippen molar-refractivity contribution in [2.75, 3.05) is 27.4 Å². The van der Waals surface area contributed by atoms with Gasteiger partial charge in [0.2, 0.25) is 0 Å². The number of carbonyl (C=O) groups is 3. The van der Waals surface area contributed by atoms with E-state index in [0.29, 0.717) is 30.3 Å². The molecule has 0 spiro atoms. The number of ether oxygens (including phenoxy) is 4. The molecule has 0 unspecified atom stereocenters. The lowest BCUT2D eigenvalue weighted by atomic mass is 10.2. The third-order valence-electron chi connectivity index (χ3n) is 4.23. The van der Waals surface area contributed by atoms with E-state index in [1.165, 1.54) is 20.4 Å². The van der Waals surface area contributed by atoms with Gasteiger partial charge in [0.25, 0.3) is 5.91 Å². The zero-order chi connectivity index (χ0) is 24.3. The van der Waals surface area contributed by atoms with Crippen LogP contribution in [0.15, 0.2) is 69.7 Å². The topological polar surface area (TPSA) is 125 Å². The van der Waals surface area contributed by atoms with Crippen LogP contribution in [0.2, 0.25) is 0 Å². The number of rotatable bonds is 9. The number of nitrogens with zero attached hydrogens (tertiary/aromatic N) is 2. The molecule has 34 heavy (non-hydrogen) atoms. The van der Waals surface area contributed by atoms with Crippen LogP contribution in [0.1, 0.15) is 15.9 Å². The minimum absolute atomic E-state index is 0.185. The number of methoxy groups -OCH3 is 2. The second kappa shape index (κ2) is 12.2. The Labute approximate surface area is 199 Å². The number of hydrogen-bond donors (Lipinski definition) is 1. The molecule has 1 N–H and O–H groups in total. The molecule has 3 rings (SSSR count). The van der Waals surface area contributed by atoms with Crippen LogP contribution in [-0.2, 0) is 19.1 Å². The summed E-state index contributed by atoms with van der Waals surface area (Å²) in [5, 5.41) is 10.7. The van der Waals surface area contributed by atoms with Crippen molar-refractivity contribution in [2.24, 2.45) is 10.2 Å². The number of nitrogens with one attached hydrogen (secondary N) is 1. The fourth-order valence-corrected chi connectivity index (χ4v) is 3.30. The SMILES string of the molecule is COC(=O)/C=C1/S/C(=N\N=Cc2ccc(OCCOc3ccc(C(=O)OC)cc3)cc2)NC1=O. The third kappa shape index (κ3) is 7.20. The minimum atomic E-state index is -0.620. The molecule has 11 heteroatoms. The van der Waals surface area contributed by atoms with Crippen molar-refractivity contribution in [1.29, 1.82) is 0 Å². The number of carbonyl (C=O) groups excluding carboxylic acids is 3. The van der Waals surface area contributed by atoms with Crippen molar-refractivity contribution in [3.63, 3.8) is 0 Å². The summed E-state index contributed by atoms with van der Waals surface area (Å²) in [6, 6.07) is 13.8. The van der Waals surface area contributed by atoms with Crippen LogP contribution in [0.25, 0.3) is 0 Å². The Morgan fingerprint density at radius 3 is 2.15 bits per heavy atom. The molecule has 0 atom stereocenters. The van der Waals surface area contributed by atoms with E-state index < -0.39 is 17.8 Å². The lowest BCUT2D eigenvalue weighted by Crippen LogP contribution is -2.19. The first-order valence-corrected chi connectivity index (χ1v) is 10.7. The predicted octanol–water partition coefficient (Wildman–Crippen LogP) is 2.54. The molecule has 176 valence electrons. The normalized spacial score (nSPS) is 15.4. The summed E-state index contributed by atoms with van der Waals surface area (Å²) >= 11 is 0.996. The highest BCUT2D eigenvalue weighted by atomic mass is 32.2. The molecule has 1 saturated heterocycles. The van der Waals surface area contributed by atoms with Crippen molar-refractivity contribution in [1.82, 2.24) is 5.32 Å². The quantitative estimate of drug-likeness (QED) is 0.190. The van der Waals surface area contributed by atoms with Crippen LogP contribution < -0.4 is 14.8 Å². The summed E-state index contributed by atoms with van der Waals surface area (Å²) in [7, 11) is 2.56. The first-order valence-electron chi connectivity index (χ1n) is 9.92. The van der Waals surface area contributed by atoms with E-state index in [-0.39, 0.29) is 10.1 Å². The Morgan fingerprint density at radius 1 is 0.941 bits per heavy atom. The Kier molecular flexibility index (Phi) is 8.81. The fraction of sp³-hybridized carbons (Fsp3) is 0.174. The molecule has 1 aliphatic heterocycles. The molecule has 2 aromatic rings. The average molecular weight is 484 g/mol. The zero-order valence-corrected chi connectivity index (χ0v) is 19.2. The van der Waals surface area contributed by atoms with Crippen LogP contribution in [0.3, 0.4) is 0 Å². The maximum absolute atomic E-state index is 11.8. The fourth-order valence-electron chi connectivity index (χ4n) is 2.56. The van der Waals surface area contributed by atoms with Gasteiger partial charge in [0.1, 0.15) is 24.7 Å². The van der Waals surface area contributed by atoms with E-state index in [2.05, 4.69) is 25.0 Å². The van der Waals surface area contributed by atoms with Gasteiger partial charge in [0.15, 0.2) is 5.17 Å². The van der Waals surface area contributed by atoms with Gasteiger partial charge in [0, 0.05) is 6.08 Å². The van der Waals surface area contributed by atoms with Crippen molar-refractivity contribution < 1.29 is 33.3 Å². The van der Waals surface area contributed by atoms with Gasteiger partial charge in [-0.2, -0.15) is 5.10 Å². The molecule has 1 aliphatic rings. The average Bonchev–Trinajstić information content (AvgIpc) is 3.21. The maximum atomic E-state index is 11.8. The summed E-state index contributed by atoms with van der Waals surface area (Å²) in [4.78, 5) is 34.6. The molecule has 0 radical (unpaired) electrons. The molecule has 10 nitrogen and oxygen atoms in total. The van der Waals surface area contributed by atoms with E-state index in [1.807, 2.05) is 0 Å². The Balaban J connectivity index is 1.43. The molecule has 2 aromatic carbocycles. The zero-order valence-electron chi connectivity index (χ0n) is 18.3. The van der Waals surface area contributed by atoms with Crippen LogP contribution in [0.5, 0.6) is 11.5 Å². The molecule has 0 aliphatic carbocycles. The lowest BCUT2D eigenvalue weighted by Gasteiger charge is -2.09. The van der Waals surface area contributed by atoms with Gasteiger partial charge < -0.3 is 18.9 Å². The highest BCUT2D eigenvalue weighted by Gasteiger charge is 2.24. The third-order valence-corrected chi connectivity index (χ3v) is 5.13. The number of thioether (sulfide) groups is 1. The van der Waals surface area contributed by atoms with E-state index in [4.69, 9.17) is 9.47 Å². The van der Waals surface area contributed by atoms with E-state index in [1.54, 1.807) is 48.5 Å². The molecule has 1 fully saturated rings. The van der Waals surface area contributed by atoms with Gasteiger partial charge >= 0.3 is 11.9 Å². The van der Waals surface area contributed by atoms with Crippen molar-refractivity contribution in [3.8, 4) is 11.5 Å². The summed E-state index contributed by atoms with van der Waals surface area (Å²) in [5.41, 5.74) is 1.23. The first-order chi connectivity index (χ1) is 16.5. The van der Waals surface area contributed by atoms with Gasteiger partial charge in [-0.3, -0.25) is 10.1 Å². The Morgan fingerprint density at radius 2 is 1.56 bits per heavy atom. The molecule has 0 aromatic heterocycles. The second-order valence-electron chi connectivity index (χ2n) is 6.52. The monoisotopic (exact) mass is 483 g/mol. The molecular formula is C23H21N3O7S. The van der Waals surface area contributed by atoms with E-state index in [0.717, 1.165) is 23.4 Å². The maximum Gasteiger partial charge on any atom is 0.337 e. The van der Waals surface area contributed by atoms with Crippen molar-refractivity contribution >= 4 is 41.0 Å². The standard InChI is InChI=1S/C23H21N3O7S/c1-30-20(27)13-19-21(28)25-23(34-19)26-24-14-15-3-7-17(8-4-15)32-11-12-33-18-9-5-16(6-10-18)22(29)31-2/h3-10,13-14H,11-12H2,1-2H3,(H,25,26,28)/b19-13+,24-14?. The molecule has 1 heterocycles. The van der Waals surface area contributed by atoms with Gasteiger partial charge in [-0.25, -0.2) is 9.59 Å². The minimum Gasteiger partial charge on any atom is -0.490 e. The lowest BCUT2D eigenvalue weighted by molar-refractivity contribution is -0.135. The number of amidine groups is 1. The smallest absolute Gasteiger partial charge is 0.337 e. The van der Waals surface area contributed by atoms with Gasteiger partial charge in [0.05, 0.1) is 30.9 Å². The Bertz CT molecular complexity index is 1130. The van der Waals surface area contributed by atoms with Gasteiger partial charge in [-0.15, -0.1) is 5.10 Å². The Hall–Kier alpha value is -4.12. The van der Waals surface area contributed by atoms with Crippen molar-refractivity contribution in [3.05, 3.63) is 70.6 Å². The van der Waals surface area contributed by atoms with E-state index in [9.17, 15) is 14.4 Å². The predicted molar refractivity (Wildman–Crippen MR) is 126 cm³/mol. The van der Waals surface area contributed by atoms with Crippen LogP contribution in [0.4, 0.5) is 0 Å². The van der Waals surface area contributed by atoms with E-state index >= 15 is 0 Å². The first kappa shape index (κ1) is 24.5. The molecular weight excluding hydrogens is 462 g/mol. The summed E-state index contributed by atoms with van der Waals surface area (Å²) in [6.07, 6.45) is 2.61. The number of benzene rings is 2. The number of esters is 2. The van der Waals surface area contributed by atoms with Crippen molar-refractivity contribution in [2.45, 2.75) is 0 Å². The summed E-state index contributed by atoms with van der Waals surface area (Å²) < 4.78 is 20.4. The molecule has 0 bridgehead atoms.